The van der Waals surface area contributed by atoms with Gasteiger partial charge in [-0.05, 0) is 44.7 Å². The maximum absolute atomic E-state index is 12.0. The van der Waals surface area contributed by atoms with Crippen molar-refractivity contribution in [3.8, 4) is 6.01 Å². The van der Waals surface area contributed by atoms with Crippen LogP contribution in [0, 0.1) is 0 Å². The number of ether oxygens (including phenoxy) is 1. The van der Waals surface area contributed by atoms with Crippen LogP contribution >= 0.6 is 11.6 Å². The molecule has 0 spiro atoms. The van der Waals surface area contributed by atoms with E-state index in [0.717, 1.165) is 25.9 Å². The minimum absolute atomic E-state index is 0.0357. The second-order valence-corrected chi connectivity index (χ2v) is 5.51. The summed E-state index contributed by atoms with van der Waals surface area (Å²) >= 11 is 5.82. The van der Waals surface area contributed by atoms with Crippen molar-refractivity contribution in [1.29, 1.82) is 0 Å². The highest BCUT2D eigenvalue weighted by Crippen LogP contribution is 2.13. The molecule has 1 aliphatic heterocycles. The zero-order valence-electron chi connectivity index (χ0n) is 12.3. The van der Waals surface area contributed by atoms with Crippen molar-refractivity contribution in [3.63, 3.8) is 0 Å². The van der Waals surface area contributed by atoms with Gasteiger partial charge in [0.25, 0.3) is 0 Å². The first kappa shape index (κ1) is 15.8. The molecule has 1 saturated heterocycles. The third kappa shape index (κ3) is 5.00. The molecule has 1 fully saturated rings. The lowest BCUT2D eigenvalue weighted by Crippen LogP contribution is -2.39. The standard InChI is InChI=1S/C13H20ClN5O2/c1-9(2)21-13-17-11(14)16-12(18-13)15-8-10(20)19-6-4-3-5-7-19/h9H,3-8H2,1-2H3,(H,15,16,17,18). The topological polar surface area (TPSA) is 80.2 Å². The summed E-state index contributed by atoms with van der Waals surface area (Å²) in [7, 11) is 0. The predicted octanol–water partition coefficient (Wildman–Crippen LogP) is 1.74. The van der Waals surface area contributed by atoms with E-state index >= 15 is 0 Å². The lowest BCUT2D eigenvalue weighted by atomic mass is 10.1. The number of nitrogens with one attached hydrogen (secondary N) is 1. The van der Waals surface area contributed by atoms with Crippen molar-refractivity contribution >= 4 is 23.5 Å². The van der Waals surface area contributed by atoms with Gasteiger partial charge < -0.3 is 15.0 Å². The minimum Gasteiger partial charge on any atom is -0.461 e. The number of aromatic nitrogens is 3. The maximum Gasteiger partial charge on any atom is 0.322 e. The summed E-state index contributed by atoms with van der Waals surface area (Å²) in [6.07, 6.45) is 3.26. The van der Waals surface area contributed by atoms with Crippen molar-refractivity contribution in [1.82, 2.24) is 19.9 Å². The smallest absolute Gasteiger partial charge is 0.322 e. The molecule has 1 aromatic heterocycles. The van der Waals surface area contributed by atoms with Gasteiger partial charge in [-0.25, -0.2) is 0 Å². The molecule has 0 bridgehead atoms. The van der Waals surface area contributed by atoms with Crippen LogP contribution in [-0.2, 0) is 4.79 Å². The van der Waals surface area contributed by atoms with E-state index in [1.54, 1.807) is 0 Å². The Balaban J connectivity index is 1.92. The molecule has 1 amide bonds. The largest absolute Gasteiger partial charge is 0.461 e. The van der Waals surface area contributed by atoms with E-state index in [9.17, 15) is 4.79 Å². The summed E-state index contributed by atoms with van der Waals surface area (Å²) in [6.45, 7) is 5.51. The van der Waals surface area contributed by atoms with Crippen molar-refractivity contribution in [2.45, 2.75) is 39.2 Å². The van der Waals surface area contributed by atoms with Gasteiger partial charge in [0.15, 0.2) is 0 Å². The second kappa shape index (κ2) is 7.40. The average Bonchev–Trinajstić information content (AvgIpc) is 2.44. The molecule has 1 aromatic rings. The Kier molecular flexibility index (Phi) is 5.55. The molecule has 116 valence electrons. The number of rotatable bonds is 5. The van der Waals surface area contributed by atoms with Crippen LogP contribution in [0.2, 0.25) is 5.28 Å². The highest BCUT2D eigenvalue weighted by Gasteiger charge is 2.16. The summed E-state index contributed by atoms with van der Waals surface area (Å²) in [5.41, 5.74) is 0. The molecule has 0 atom stereocenters. The molecule has 0 aromatic carbocycles. The molecule has 0 aliphatic carbocycles. The SMILES string of the molecule is CC(C)Oc1nc(Cl)nc(NCC(=O)N2CCCCC2)n1. The number of likely N-dealkylation sites (tertiary alicyclic amines) is 1. The fraction of sp³-hybridized carbons (Fsp3) is 0.692. The first-order valence-electron chi connectivity index (χ1n) is 7.14. The summed E-state index contributed by atoms with van der Waals surface area (Å²) in [4.78, 5) is 25.8. The van der Waals surface area contributed by atoms with Crippen molar-refractivity contribution in [2.75, 3.05) is 25.0 Å². The van der Waals surface area contributed by atoms with Gasteiger partial charge in [0.05, 0.1) is 12.6 Å². The van der Waals surface area contributed by atoms with E-state index in [0.29, 0.717) is 0 Å². The lowest BCUT2D eigenvalue weighted by molar-refractivity contribution is -0.130. The van der Waals surface area contributed by atoms with Gasteiger partial charge in [-0.2, -0.15) is 15.0 Å². The van der Waals surface area contributed by atoms with E-state index < -0.39 is 0 Å². The Morgan fingerprint density at radius 2 is 2.00 bits per heavy atom. The molecule has 1 N–H and O–H groups in total. The van der Waals surface area contributed by atoms with Crippen molar-refractivity contribution in [3.05, 3.63) is 5.28 Å². The molecule has 0 unspecified atom stereocenters. The average molecular weight is 314 g/mol. The van der Waals surface area contributed by atoms with Gasteiger partial charge in [0, 0.05) is 13.1 Å². The Morgan fingerprint density at radius 3 is 2.67 bits per heavy atom. The fourth-order valence-corrected chi connectivity index (χ4v) is 2.24. The van der Waals surface area contributed by atoms with Gasteiger partial charge in [-0.1, -0.05) is 0 Å². The number of nitrogens with zero attached hydrogens (tertiary/aromatic N) is 4. The van der Waals surface area contributed by atoms with Gasteiger partial charge in [0.1, 0.15) is 0 Å². The molecule has 0 saturated carbocycles. The quantitative estimate of drug-likeness (QED) is 0.892. The molecule has 7 nitrogen and oxygen atoms in total. The normalized spacial score (nSPS) is 15.1. The van der Waals surface area contributed by atoms with E-state index in [4.69, 9.17) is 16.3 Å². The van der Waals surface area contributed by atoms with E-state index in [1.807, 2.05) is 18.7 Å². The Morgan fingerprint density at radius 1 is 1.29 bits per heavy atom. The number of piperidine rings is 1. The van der Waals surface area contributed by atoms with Crippen LogP contribution in [0.4, 0.5) is 5.95 Å². The van der Waals surface area contributed by atoms with Crippen LogP contribution in [0.1, 0.15) is 33.1 Å². The van der Waals surface area contributed by atoms with E-state index in [-0.39, 0.29) is 35.8 Å². The summed E-state index contributed by atoms with van der Waals surface area (Å²) in [5.74, 6) is 0.286. The zero-order valence-corrected chi connectivity index (χ0v) is 13.1. The third-order valence-corrected chi connectivity index (χ3v) is 3.20. The summed E-state index contributed by atoms with van der Waals surface area (Å²) in [5, 5.41) is 2.91. The van der Waals surface area contributed by atoms with Crippen LogP contribution in [0.15, 0.2) is 0 Å². The van der Waals surface area contributed by atoms with Crippen molar-refractivity contribution < 1.29 is 9.53 Å². The Bertz CT molecular complexity index is 491. The monoisotopic (exact) mass is 313 g/mol. The third-order valence-electron chi connectivity index (χ3n) is 3.04. The van der Waals surface area contributed by atoms with Gasteiger partial charge in [-0.3, -0.25) is 4.79 Å². The van der Waals surface area contributed by atoms with Gasteiger partial charge >= 0.3 is 6.01 Å². The molecule has 2 heterocycles. The highest BCUT2D eigenvalue weighted by atomic mass is 35.5. The lowest BCUT2D eigenvalue weighted by Gasteiger charge is -2.26. The molecule has 2 rings (SSSR count). The Labute approximate surface area is 129 Å². The number of anilines is 1. The van der Waals surface area contributed by atoms with Gasteiger partial charge in [-0.15, -0.1) is 0 Å². The van der Waals surface area contributed by atoms with E-state index in [2.05, 4.69) is 20.3 Å². The number of amides is 1. The molecule has 1 aliphatic rings. The molecule has 8 heteroatoms. The summed E-state index contributed by atoms with van der Waals surface area (Å²) < 4.78 is 5.38. The first-order valence-corrected chi connectivity index (χ1v) is 7.52. The highest BCUT2D eigenvalue weighted by molar-refractivity contribution is 6.28. The van der Waals surface area contributed by atoms with Crippen LogP contribution in [0.3, 0.4) is 0 Å². The van der Waals surface area contributed by atoms with Gasteiger partial charge in [0.2, 0.25) is 17.1 Å². The van der Waals surface area contributed by atoms with Crippen LogP contribution in [0.5, 0.6) is 6.01 Å². The van der Waals surface area contributed by atoms with Crippen LogP contribution < -0.4 is 10.1 Å². The minimum atomic E-state index is -0.0636. The molecule has 21 heavy (non-hydrogen) atoms. The summed E-state index contributed by atoms with van der Waals surface area (Å²) in [6, 6.07) is 0.151. The van der Waals surface area contributed by atoms with E-state index in [1.165, 1.54) is 6.42 Å². The number of halogens is 1. The van der Waals surface area contributed by atoms with Crippen LogP contribution in [-0.4, -0.2) is 51.5 Å². The number of hydrogen-bond acceptors (Lipinski definition) is 6. The Hall–Kier alpha value is -1.63. The molecular formula is C13H20ClN5O2. The maximum atomic E-state index is 12.0. The van der Waals surface area contributed by atoms with Crippen molar-refractivity contribution in [2.24, 2.45) is 0 Å². The number of hydrogen-bond donors (Lipinski definition) is 1. The fourth-order valence-electron chi connectivity index (χ4n) is 2.08. The second-order valence-electron chi connectivity index (χ2n) is 5.17. The number of carbonyl (C=O) groups excluding carboxylic acids is 1. The first-order chi connectivity index (χ1) is 10.0. The number of carbonyl (C=O) groups is 1. The zero-order chi connectivity index (χ0) is 15.2. The van der Waals surface area contributed by atoms with Crippen LogP contribution in [0.25, 0.3) is 0 Å². The molecular weight excluding hydrogens is 294 g/mol. The predicted molar refractivity (Wildman–Crippen MR) is 79.5 cm³/mol. The molecule has 0 radical (unpaired) electrons.